The first-order valence-corrected chi connectivity index (χ1v) is 12.1. The fourth-order valence-corrected chi connectivity index (χ4v) is 5.00. The van der Waals surface area contributed by atoms with Crippen LogP contribution in [0.25, 0.3) is 0 Å². The molecule has 2 aromatic carbocycles. The van der Waals surface area contributed by atoms with Gasteiger partial charge in [0.25, 0.3) is 5.91 Å². The van der Waals surface area contributed by atoms with Crippen molar-refractivity contribution in [2.75, 3.05) is 31.6 Å². The normalized spacial score (nSPS) is 14.1. The zero-order valence-electron chi connectivity index (χ0n) is 18.4. The van der Waals surface area contributed by atoms with Crippen LogP contribution in [0.4, 0.5) is 10.7 Å². The second-order valence-corrected chi connectivity index (χ2v) is 9.51. The monoisotopic (exact) mass is 469 g/mol. The number of hydrogen-bond acceptors (Lipinski definition) is 5. The lowest BCUT2D eigenvalue weighted by molar-refractivity contribution is 0.0930. The van der Waals surface area contributed by atoms with Gasteiger partial charge >= 0.3 is 0 Å². The maximum absolute atomic E-state index is 13.0. The molecule has 1 unspecified atom stereocenters. The molecule has 0 aliphatic carbocycles. The highest BCUT2D eigenvalue weighted by atomic mass is 35.5. The summed E-state index contributed by atoms with van der Waals surface area (Å²) in [6.45, 7) is 5.08. The van der Waals surface area contributed by atoms with Crippen LogP contribution in [0.15, 0.2) is 60.7 Å². The first-order chi connectivity index (χ1) is 15.5. The Morgan fingerprint density at radius 2 is 2.03 bits per heavy atom. The Morgan fingerprint density at radius 1 is 1.22 bits per heavy atom. The van der Waals surface area contributed by atoms with Crippen molar-refractivity contribution in [3.05, 3.63) is 76.1 Å². The zero-order valence-corrected chi connectivity index (χ0v) is 20.0. The van der Waals surface area contributed by atoms with Gasteiger partial charge < -0.3 is 19.9 Å². The van der Waals surface area contributed by atoms with Crippen LogP contribution in [0, 0.1) is 0 Å². The molecule has 3 aromatic rings. The number of fused-ring (bicyclic) bond motifs is 1. The highest BCUT2D eigenvalue weighted by Crippen LogP contribution is 2.40. The number of nitrogens with one attached hydrogen (secondary N) is 1. The predicted octanol–water partition coefficient (Wildman–Crippen LogP) is 5.57. The van der Waals surface area contributed by atoms with Gasteiger partial charge in [-0.3, -0.25) is 4.79 Å². The van der Waals surface area contributed by atoms with Gasteiger partial charge in [0, 0.05) is 24.2 Å². The van der Waals surface area contributed by atoms with Gasteiger partial charge in [0.1, 0.15) is 12.4 Å². The van der Waals surface area contributed by atoms with Crippen LogP contribution in [0.2, 0.25) is 5.02 Å². The fraction of sp³-hybridized carbons (Fsp3) is 0.320. The van der Waals surface area contributed by atoms with E-state index in [2.05, 4.69) is 53.4 Å². The van der Waals surface area contributed by atoms with E-state index < -0.39 is 0 Å². The van der Waals surface area contributed by atoms with E-state index in [9.17, 15) is 4.79 Å². The van der Waals surface area contributed by atoms with Crippen LogP contribution in [0.3, 0.4) is 0 Å². The standard InChI is InChI=1S/C25H28ClN3O2S/c1-3-20(17-28(2)16-18-7-5-4-6-8-18)27-25(30)23-11-12-24(32-23)29-13-14-31-22-10-9-19(26)15-21(22)29/h4-12,15,20H,3,13-14,16-17H2,1-2H3,(H,27,30). The summed E-state index contributed by atoms with van der Waals surface area (Å²) in [5.74, 6) is 0.785. The van der Waals surface area contributed by atoms with E-state index in [1.54, 1.807) is 0 Å². The third kappa shape index (κ3) is 5.44. The molecular weight excluding hydrogens is 442 g/mol. The average Bonchev–Trinajstić information content (AvgIpc) is 3.29. The van der Waals surface area contributed by atoms with Gasteiger partial charge in [-0.15, -0.1) is 11.3 Å². The number of anilines is 2. The number of amides is 1. The molecule has 5 nitrogen and oxygen atoms in total. The third-order valence-corrected chi connectivity index (χ3v) is 6.86. The number of rotatable bonds is 8. The van der Waals surface area contributed by atoms with Crippen LogP contribution in [0.5, 0.6) is 5.75 Å². The van der Waals surface area contributed by atoms with Crippen LogP contribution >= 0.6 is 22.9 Å². The average molecular weight is 470 g/mol. The van der Waals surface area contributed by atoms with Gasteiger partial charge in [0.2, 0.25) is 0 Å². The topological polar surface area (TPSA) is 44.8 Å². The minimum atomic E-state index is -0.0270. The van der Waals surface area contributed by atoms with Crippen molar-refractivity contribution < 1.29 is 9.53 Å². The molecule has 1 aliphatic rings. The number of thiophene rings is 1. The van der Waals surface area contributed by atoms with E-state index in [4.69, 9.17) is 16.3 Å². The summed E-state index contributed by atoms with van der Waals surface area (Å²) >= 11 is 7.70. The molecule has 1 amide bonds. The number of carbonyl (C=O) groups excluding carboxylic acids is 1. The van der Waals surface area contributed by atoms with Crippen molar-refractivity contribution in [3.63, 3.8) is 0 Å². The maximum Gasteiger partial charge on any atom is 0.261 e. The molecule has 0 saturated carbocycles. The van der Waals surface area contributed by atoms with Crippen molar-refractivity contribution in [2.24, 2.45) is 0 Å². The molecule has 4 rings (SSSR count). The molecule has 0 spiro atoms. The van der Waals surface area contributed by atoms with Gasteiger partial charge in [-0.05, 0) is 49.4 Å². The summed E-state index contributed by atoms with van der Waals surface area (Å²) in [6.07, 6.45) is 0.873. The molecule has 1 N–H and O–H groups in total. The van der Waals surface area contributed by atoms with E-state index >= 15 is 0 Å². The van der Waals surface area contributed by atoms with E-state index in [0.29, 0.717) is 16.5 Å². The van der Waals surface area contributed by atoms with Gasteiger partial charge in [-0.1, -0.05) is 48.9 Å². The molecule has 1 atom stereocenters. The van der Waals surface area contributed by atoms with Crippen molar-refractivity contribution >= 4 is 39.5 Å². The molecule has 2 heterocycles. The van der Waals surface area contributed by atoms with E-state index in [1.807, 2.05) is 36.4 Å². The highest BCUT2D eigenvalue weighted by molar-refractivity contribution is 7.18. The van der Waals surface area contributed by atoms with Crippen LogP contribution in [-0.4, -0.2) is 43.6 Å². The first kappa shape index (κ1) is 22.6. The van der Waals surface area contributed by atoms with E-state index in [0.717, 1.165) is 42.5 Å². The van der Waals surface area contributed by atoms with Gasteiger partial charge in [0.05, 0.1) is 22.1 Å². The largest absolute Gasteiger partial charge is 0.490 e. The lowest BCUT2D eigenvalue weighted by atomic mass is 10.1. The number of likely N-dealkylation sites (N-methyl/N-ethyl adjacent to an activating group) is 1. The lowest BCUT2D eigenvalue weighted by Gasteiger charge is -2.30. The number of ether oxygens (including phenoxy) is 1. The molecule has 168 valence electrons. The molecular formula is C25H28ClN3O2S. The number of carbonyl (C=O) groups is 1. The molecule has 0 radical (unpaired) electrons. The van der Waals surface area contributed by atoms with Crippen molar-refractivity contribution in [1.29, 1.82) is 0 Å². The SMILES string of the molecule is CCC(CN(C)Cc1ccccc1)NC(=O)c1ccc(N2CCOc3ccc(Cl)cc32)s1. The Balaban J connectivity index is 1.40. The molecule has 32 heavy (non-hydrogen) atoms. The zero-order chi connectivity index (χ0) is 22.5. The molecule has 0 bridgehead atoms. The van der Waals surface area contributed by atoms with Crippen LogP contribution in [0.1, 0.15) is 28.6 Å². The summed E-state index contributed by atoms with van der Waals surface area (Å²) in [7, 11) is 2.09. The minimum absolute atomic E-state index is 0.0270. The van der Waals surface area contributed by atoms with Crippen molar-refractivity contribution in [1.82, 2.24) is 10.2 Å². The minimum Gasteiger partial charge on any atom is -0.490 e. The maximum atomic E-state index is 13.0. The van der Waals surface area contributed by atoms with Gasteiger partial charge in [-0.2, -0.15) is 0 Å². The number of nitrogens with zero attached hydrogens (tertiary/aromatic N) is 2. The van der Waals surface area contributed by atoms with Crippen LogP contribution < -0.4 is 15.0 Å². The second-order valence-electron chi connectivity index (χ2n) is 8.01. The summed E-state index contributed by atoms with van der Waals surface area (Å²) in [6, 6.07) is 20.0. The summed E-state index contributed by atoms with van der Waals surface area (Å²) < 4.78 is 5.75. The van der Waals surface area contributed by atoms with E-state index in [1.165, 1.54) is 16.9 Å². The Bertz CT molecular complexity index is 1060. The predicted molar refractivity (Wildman–Crippen MR) is 133 cm³/mol. The quantitative estimate of drug-likeness (QED) is 0.468. The van der Waals surface area contributed by atoms with Gasteiger partial charge in [-0.25, -0.2) is 0 Å². The Kier molecular flexibility index (Phi) is 7.35. The summed E-state index contributed by atoms with van der Waals surface area (Å²) in [5, 5.41) is 4.89. The summed E-state index contributed by atoms with van der Waals surface area (Å²) in [4.78, 5) is 18.1. The van der Waals surface area contributed by atoms with E-state index in [-0.39, 0.29) is 11.9 Å². The number of hydrogen-bond donors (Lipinski definition) is 1. The lowest BCUT2D eigenvalue weighted by Crippen LogP contribution is -2.41. The summed E-state index contributed by atoms with van der Waals surface area (Å²) in [5.41, 5.74) is 2.21. The third-order valence-electron chi connectivity index (χ3n) is 5.52. The Morgan fingerprint density at radius 3 is 2.81 bits per heavy atom. The first-order valence-electron chi connectivity index (χ1n) is 10.9. The Labute approximate surface area is 198 Å². The van der Waals surface area contributed by atoms with Gasteiger partial charge in [0.15, 0.2) is 0 Å². The highest BCUT2D eigenvalue weighted by Gasteiger charge is 2.23. The smallest absolute Gasteiger partial charge is 0.261 e. The molecule has 0 saturated heterocycles. The molecule has 1 aliphatic heterocycles. The number of benzene rings is 2. The molecule has 0 fully saturated rings. The fourth-order valence-electron chi connectivity index (χ4n) is 3.88. The van der Waals surface area contributed by atoms with Crippen LogP contribution in [-0.2, 0) is 6.54 Å². The molecule has 7 heteroatoms. The second kappa shape index (κ2) is 10.4. The Hall–Kier alpha value is -2.54. The van der Waals surface area contributed by atoms with Crippen molar-refractivity contribution in [3.8, 4) is 5.75 Å². The van der Waals surface area contributed by atoms with Crippen molar-refractivity contribution in [2.45, 2.75) is 25.9 Å². The molecule has 1 aromatic heterocycles. The number of halogens is 1.